The van der Waals surface area contributed by atoms with E-state index >= 15 is 0 Å². The fraction of sp³-hybridized carbons (Fsp3) is 0.0556. The lowest BCUT2D eigenvalue weighted by molar-refractivity contribution is 0.0950. The number of hydrogen-bond acceptors (Lipinski definition) is 3. The van der Waals surface area contributed by atoms with E-state index in [1.807, 2.05) is 0 Å². The molecule has 0 aliphatic heterocycles. The van der Waals surface area contributed by atoms with Gasteiger partial charge in [0.2, 0.25) is 0 Å². The van der Waals surface area contributed by atoms with Crippen LogP contribution in [0.3, 0.4) is 0 Å². The summed E-state index contributed by atoms with van der Waals surface area (Å²) in [4.78, 5) is 20.6. The standard InChI is InChI=1S/C18H12BrClFN3O/c19-12-3-6-16(20)15(7-12)18(25)22-9-14-8-17(24-10-23-14)11-1-4-13(21)5-2-11/h1-8,10H,9H2,(H,22,25). The Balaban J connectivity index is 1.73. The predicted molar refractivity (Wildman–Crippen MR) is 97.7 cm³/mol. The van der Waals surface area contributed by atoms with Gasteiger partial charge in [0.25, 0.3) is 5.91 Å². The molecule has 0 saturated carbocycles. The highest BCUT2D eigenvalue weighted by Crippen LogP contribution is 2.21. The number of aromatic nitrogens is 2. The van der Waals surface area contributed by atoms with Crippen molar-refractivity contribution in [3.8, 4) is 11.3 Å². The van der Waals surface area contributed by atoms with Crippen LogP contribution in [0.1, 0.15) is 16.1 Å². The molecule has 0 aliphatic carbocycles. The third-order valence-electron chi connectivity index (χ3n) is 3.47. The Kier molecular flexibility index (Phi) is 5.40. The lowest BCUT2D eigenvalue weighted by Crippen LogP contribution is -2.23. The van der Waals surface area contributed by atoms with Crippen LogP contribution in [0.2, 0.25) is 5.02 Å². The highest BCUT2D eigenvalue weighted by Gasteiger charge is 2.11. The summed E-state index contributed by atoms with van der Waals surface area (Å²) in [5.41, 5.74) is 2.43. The summed E-state index contributed by atoms with van der Waals surface area (Å²) in [6.45, 7) is 0.221. The van der Waals surface area contributed by atoms with Crippen LogP contribution in [0.25, 0.3) is 11.3 Å². The maximum atomic E-state index is 13.0. The summed E-state index contributed by atoms with van der Waals surface area (Å²) in [6, 6.07) is 12.8. The Morgan fingerprint density at radius 1 is 1.12 bits per heavy atom. The first-order chi connectivity index (χ1) is 12.0. The quantitative estimate of drug-likeness (QED) is 0.669. The Labute approximate surface area is 157 Å². The molecule has 3 rings (SSSR count). The van der Waals surface area contributed by atoms with Crippen LogP contribution in [0.4, 0.5) is 4.39 Å². The molecule has 7 heteroatoms. The number of halogens is 3. The Bertz CT molecular complexity index is 918. The Hall–Kier alpha value is -2.31. The van der Waals surface area contributed by atoms with E-state index in [4.69, 9.17) is 11.6 Å². The van der Waals surface area contributed by atoms with Crippen LogP contribution in [-0.4, -0.2) is 15.9 Å². The molecular weight excluding hydrogens is 409 g/mol. The summed E-state index contributed by atoms with van der Waals surface area (Å²) in [5, 5.41) is 3.15. The first-order valence-corrected chi connectivity index (χ1v) is 8.50. The molecule has 0 aliphatic rings. The second-order valence-electron chi connectivity index (χ2n) is 5.21. The van der Waals surface area contributed by atoms with E-state index in [2.05, 4.69) is 31.2 Å². The SMILES string of the molecule is O=C(NCc1cc(-c2ccc(F)cc2)ncn1)c1cc(Br)ccc1Cl. The summed E-state index contributed by atoms with van der Waals surface area (Å²) in [7, 11) is 0. The minimum absolute atomic E-state index is 0.221. The molecule has 2 aromatic carbocycles. The number of benzene rings is 2. The molecule has 0 bridgehead atoms. The number of carbonyl (C=O) groups is 1. The van der Waals surface area contributed by atoms with Crippen molar-refractivity contribution in [2.24, 2.45) is 0 Å². The smallest absolute Gasteiger partial charge is 0.253 e. The second kappa shape index (κ2) is 7.72. The summed E-state index contributed by atoms with van der Waals surface area (Å²) in [5.74, 6) is -0.607. The number of nitrogens with one attached hydrogen (secondary N) is 1. The summed E-state index contributed by atoms with van der Waals surface area (Å²) < 4.78 is 13.8. The lowest BCUT2D eigenvalue weighted by Gasteiger charge is -2.08. The van der Waals surface area contributed by atoms with Gasteiger partial charge in [0.1, 0.15) is 12.1 Å². The number of carbonyl (C=O) groups excluding carboxylic acids is 1. The largest absolute Gasteiger partial charge is 0.346 e. The van der Waals surface area contributed by atoms with Gasteiger partial charge in [0, 0.05) is 10.0 Å². The fourth-order valence-electron chi connectivity index (χ4n) is 2.21. The van der Waals surface area contributed by atoms with Gasteiger partial charge in [-0.1, -0.05) is 27.5 Å². The molecule has 1 N–H and O–H groups in total. The van der Waals surface area contributed by atoms with Crippen molar-refractivity contribution >= 4 is 33.4 Å². The molecule has 0 atom stereocenters. The van der Waals surface area contributed by atoms with Crippen LogP contribution in [0, 0.1) is 5.82 Å². The maximum absolute atomic E-state index is 13.0. The zero-order valence-electron chi connectivity index (χ0n) is 12.8. The van der Waals surface area contributed by atoms with Crippen molar-refractivity contribution in [2.75, 3.05) is 0 Å². The molecule has 1 amide bonds. The normalized spacial score (nSPS) is 10.5. The Morgan fingerprint density at radius 3 is 2.64 bits per heavy atom. The minimum atomic E-state index is -0.309. The van der Waals surface area contributed by atoms with Gasteiger partial charge < -0.3 is 5.32 Å². The maximum Gasteiger partial charge on any atom is 0.253 e. The van der Waals surface area contributed by atoms with Gasteiger partial charge in [0.05, 0.1) is 28.5 Å². The second-order valence-corrected chi connectivity index (χ2v) is 6.53. The van der Waals surface area contributed by atoms with Gasteiger partial charge in [-0.2, -0.15) is 0 Å². The molecule has 1 aromatic heterocycles. The number of rotatable bonds is 4. The number of amides is 1. The van der Waals surface area contributed by atoms with Gasteiger partial charge in [0.15, 0.2) is 0 Å². The van der Waals surface area contributed by atoms with Crippen molar-refractivity contribution in [3.05, 3.63) is 81.4 Å². The zero-order valence-corrected chi connectivity index (χ0v) is 15.2. The fourth-order valence-corrected chi connectivity index (χ4v) is 2.77. The molecule has 0 unspecified atom stereocenters. The van der Waals surface area contributed by atoms with E-state index in [-0.39, 0.29) is 18.3 Å². The first kappa shape index (κ1) is 17.5. The highest BCUT2D eigenvalue weighted by molar-refractivity contribution is 9.10. The molecule has 0 fully saturated rings. The molecule has 126 valence electrons. The third-order valence-corrected chi connectivity index (χ3v) is 4.29. The molecule has 25 heavy (non-hydrogen) atoms. The summed E-state index contributed by atoms with van der Waals surface area (Å²) in [6.07, 6.45) is 1.41. The Morgan fingerprint density at radius 2 is 1.88 bits per heavy atom. The topological polar surface area (TPSA) is 54.9 Å². The third kappa shape index (κ3) is 4.41. The van der Waals surface area contributed by atoms with E-state index < -0.39 is 0 Å². The van der Waals surface area contributed by atoms with Crippen LogP contribution in [0.5, 0.6) is 0 Å². The van der Waals surface area contributed by atoms with E-state index in [0.717, 1.165) is 10.0 Å². The zero-order chi connectivity index (χ0) is 17.8. The monoisotopic (exact) mass is 419 g/mol. The molecule has 0 radical (unpaired) electrons. The van der Waals surface area contributed by atoms with Crippen molar-refractivity contribution in [3.63, 3.8) is 0 Å². The van der Waals surface area contributed by atoms with Gasteiger partial charge in [-0.05, 0) is 48.5 Å². The van der Waals surface area contributed by atoms with Crippen molar-refractivity contribution < 1.29 is 9.18 Å². The molecule has 3 aromatic rings. The van der Waals surface area contributed by atoms with Crippen LogP contribution < -0.4 is 5.32 Å². The number of nitrogens with zero attached hydrogens (tertiary/aromatic N) is 2. The molecule has 1 heterocycles. The van der Waals surface area contributed by atoms with Crippen LogP contribution in [0.15, 0.2) is 59.3 Å². The van der Waals surface area contributed by atoms with Crippen LogP contribution in [-0.2, 0) is 6.54 Å². The predicted octanol–water partition coefficient (Wildman–Crippen LogP) is 4.63. The highest BCUT2D eigenvalue weighted by atomic mass is 79.9. The van der Waals surface area contributed by atoms with Crippen molar-refractivity contribution in [1.82, 2.24) is 15.3 Å². The molecular formula is C18H12BrClFN3O. The minimum Gasteiger partial charge on any atom is -0.346 e. The average molecular weight is 421 g/mol. The lowest BCUT2D eigenvalue weighted by atomic mass is 10.1. The van der Waals surface area contributed by atoms with Crippen LogP contribution >= 0.6 is 27.5 Å². The van der Waals surface area contributed by atoms with Crippen molar-refractivity contribution in [1.29, 1.82) is 0 Å². The summed E-state index contributed by atoms with van der Waals surface area (Å²) >= 11 is 9.37. The molecule has 0 spiro atoms. The van der Waals surface area contributed by atoms with E-state index in [0.29, 0.717) is 22.0 Å². The van der Waals surface area contributed by atoms with Gasteiger partial charge in [-0.3, -0.25) is 4.79 Å². The van der Waals surface area contributed by atoms with Gasteiger partial charge in [-0.25, -0.2) is 14.4 Å². The van der Waals surface area contributed by atoms with Crippen molar-refractivity contribution in [2.45, 2.75) is 6.54 Å². The first-order valence-electron chi connectivity index (χ1n) is 7.33. The van der Waals surface area contributed by atoms with Gasteiger partial charge in [-0.15, -0.1) is 0 Å². The molecule has 4 nitrogen and oxygen atoms in total. The molecule has 0 saturated heterocycles. The van der Waals surface area contributed by atoms with Gasteiger partial charge >= 0.3 is 0 Å². The average Bonchev–Trinajstić information content (AvgIpc) is 2.62. The van der Waals surface area contributed by atoms with E-state index in [1.54, 1.807) is 36.4 Å². The van der Waals surface area contributed by atoms with E-state index in [9.17, 15) is 9.18 Å². The van der Waals surface area contributed by atoms with E-state index in [1.165, 1.54) is 18.5 Å². The number of hydrogen-bond donors (Lipinski definition) is 1.